The Morgan fingerprint density at radius 3 is 2.48 bits per heavy atom. The summed E-state index contributed by atoms with van der Waals surface area (Å²) >= 11 is 0. The van der Waals surface area contributed by atoms with Crippen molar-refractivity contribution in [1.29, 1.82) is 0 Å². The molecular weight excluding hydrogens is 356 g/mol. The number of aryl methyl sites for hydroxylation is 1. The third-order valence-corrected chi connectivity index (χ3v) is 3.70. The van der Waals surface area contributed by atoms with Gasteiger partial charge in [-0.1, -0.05) is 30.3 Å². The monoisotopic (exact) mass is 373 g/mol. The minimum absolute atomic E-state index is 0.0326. The van der Waals surface area contributed by atoms with Gasteiger partial charge in [-0.05, 0) is 42.8 Å². The Labute approximate surface area is 154 Å². The van der Waals surface area contributed by atoms with Gasteiger partial charge in [-0.25, -0.2) is 0 Å². The number of rotatable bonds is 7. The van der Waals surface area contributed by atoms with Crippen LogP contribution in [0, 0.1) is 6.92 Å². The summed E-state index contributed by atoms with van der Waals surface area (Å²) < 4.78 is 40.4. The molecule has 1 amide bonds. The minimum Gasteiger partial charge on any atom is -0.485 e. The lowest BCUT2D eigenvalue weighted by atomic mass is 10.2. The molecule has 0 saturated carbocycles. The average Bonchev–Trinajstić information content (AvgIpc) is 3.11. The number of benzene rings is 2. The normalized spacial score (nSPS) is 10.7. The SMILES string of the molecule is Cc1ccccc1OCc1ccc(C(=O)Nc2ccccc2OC(F)F)o1. The van der Waals surface area contributed by atoms with Crippen LogP contribution in [0.5, 0.6) is 11.5 Å². The van der Waals surface area contributed by atoms with Gasteiger partial charge in [-0.15, -0.1) is 0 Å². The van der Waals surface area contributed by atoms with E-state index in [1.54, 1.807) is 12.1 Å². The Morgan fingerprint density at radius 2 is 1.74 bits per heavy atom. The molecule has 0 spiro atoms. The maximum absolute atomic E-state index is 12.4. The number of ether oxygens (including phenoxy) is 2. The number of hydrogen-bond acceptors (Lipinski definition) is 4. The highest BCUT2D eigenvalue weighted by molar-refractivity contribution is 6.03. The molecule has 1 heterocycles. The van der Waals surface area contributed by atoms with Crippen LogP contribution in [0.4, 0.5) is 14.5 Å². The first-order valence-electron chi connectivity index (χ1n) is 8.15. The van der Waals surface area contributed by atoms with Crippen LogP contribution in [0.15, 0.2) is 65.1 Å². The summed E-state index contributed by atoms with van der Waals surface area (Å²) in [5, 5.41) is 2.50. The van der Waals surface area contributed by atoms with Crippen LogP contribution >= 0.6 is 0 Å². The predicted octanol–water partition coefficient (Wildman–Crippen LogP) is 5.02. The van der Waals surface area contributed by atoms with Gasteiger partial charge in [0.1, 0.15) is 23.9 Å². The Balaban J connectivity index is 1.64. The topological polar surface area (TPSA) is 60.7 Å². The molecule has 1 aromatic heterocycles. The van der Waals surface area contributed by atoms with Crippen molar-refractivity contribution < 1.29 is 27.5 Å². The molecule has 1 N–H and O–H groups in total. The number of hydrogen-bond donors (Lipinski definition) is 1. The van der Waals surface area contributed by atoms with Crippen LogP contribution in [0.3, 0.4) is 0 Å². The fourth-order valence-corrected chi connectivity index (χ4v) is 2.40. The van der Waals surface area contributed by atoms with E-state index in [1.807, 2.05) is 31.2 Å². The van der Waals surface area contributed by atoms with Gasteiger partial charge >= 0.3 is 6.61 Å². The maximum atomic E-state index is 12.4. The van der Waals surface area contributed by atoms with E-state index in [0.29, 0.717) is 5.76 Å². The van der Waals surface area contributed by atoms with E-state index in [-0.39, 0.29) is 23.8 Å². The van der Waals surface area contributed by atoms with Gasteiger partial charge in [0, 0.05) is 0 Å². The first kappa shape index (κ1) is 18.4. The number of amides is 1. The van der Waals surface area contributed by atoms with E-state index in [0.717, 1.165) is 11.3 Å². The molecule has 5 nitrogen and oxygen atoms in total. The lowest BCUT2D eigenvalue weighted by Gasteiger charge is -2.10. The molecule has 0 unspecified atom stereocenters. The second-order valence-corrected chi connectivity index (χ2v) is 5.65. The molecule has 7 heteroatoms. The van der Waals surface area contributed by atoms with Crippen LogP contribution in [0.1, 0.15) is 21.9 Å². The summed E-state index contributed by atoms with van der Waals surface area (Å²) in [6.07, 6.45) is 0. The zero-order valence-corrected chi connectivity index (χ0v) is 14.4. The molecule has 2 aromatic carbocycles. The Morgan fingerprint density at radius 1 is 1.04 bits per heavy atom. The molecule has 0 aliphatic heterocycles. The van der Waals surface area contributed by atoms with Crippen molar-refractivity contribution in [2.24, 2.45) is 0 Å². The fourth-order valence-electron chi connectivity index (χ4n) is 2.40. The van der Waals surface area contributed by atoms with Crippen molar-refractivity contribution in [2.45, 2.75) is 20.1 Å². The van der Waals surface area contributed by atoms with Gasteiger partial charge in [0.2, 0.25) is 0 Å². The van der Waals surface area contributed by atoms with Gasteiger partial charge in [0.05, 0.1) is 5.69 Å². The summed E-state index contributed by atoms with van der Waals surface area (Å²) in [5.74, 6) is 0.502. The lowest BCUT2D eigenvalue weighted by Crippen LogP contribution is -2.13. The summed E-state index contributed by atoms with van der Waals surface area (Å²) in [7, 11) is 0. The first-order valence-corrected chi connectivity index (χ1v) is 8.15. The van der Waals surface area contributed by atoms with E-state index < -0.39 is 12.5 Å². The Bertz CT molecular complexity index is 924. The number of anilines is 1. The largest absolute Gasteiger partial charge is 0.485 e. The molecule has 27 heavy (non-hydrogen) atoms. The second kappa shape index (κ2) is 8.35. The molecule has 140 valence electrons. The standard InChI is InChI=1S/C20H17F2NO4/c1-13-6-2-4-8-16(13)25-12-14-10-11-18(26-14)19(24)23-15-7-3-5-9-17(15)27-20(21)22/h2-11,20H,12H2,1H3,(H,23,24). The first-order chi connectivity index (χ1) is 13.0. The van der Waals surface area contributed by atoms with Crippen LogP contribution < -0.4 is 14.8 Å². The third kappa shape index (κ3) is 4.84. The zero-order valence-electron chi connectivity index (χ0n) is 14.4. The van der Waals surface area contributed by atoms with Gasteiger partial charge in [-0.3, -0.25) is 4.79 Å². The molecule has 3 rings (SSSR count). The molecule has 0 atom stereocenters. The van der Waals surface area contributed by atoms with Crippen molar-refractivity contribution in [3.8, 4) is 11.5 Å². The van der Waals surface area contributed by atoms with Gasteiger partial charge in [0.15, 0.2) is 5.76 Å². The van der Waals surface area contributed by atoms with Gasteiger partial charge < -0.3 is 19.2 Å². The maximum Gasteiger partial charge on any atom is 0.387 e. The zero-order chi connectivity index (χ0) is 19.2. The predicted molar refractivity (Wildman–Crippen MR) is 95.2 cm³/mol. The van der Waals surface area contributed by atoms with Crippen molar-refractivity contribution in [3.05, 3.63) is 77.7 Å². The minimum atomic E-state index is -2.99. The lowest BCUT2D eigenvalue weighted by molar-refractivity contribution is -0.0493. The molecule has 0 aliphatic carbocycles. The number of carbonyl (C=O) groups is 1. The molecule has 0 bridgehead atoms. The number of nitrogens with one attached hydrogen (secondary N) is 1. The van der Waals surface area contributed by atoms with E-state index in [9.17, 15) is 13.6 Å². The molecule has 0 aliphatic rings. The Hall–Kier alpha value is -3.35. The summed E-state index contributed by atoms with van der Waals surface area (Å²) in [6.45, 7) is -0.907. The van der Waals surface area contributed by atoms with Crippen LogP contribution in [0.2, 0.25) is 0 Å². The third-order valence-electron chi connectivity index (χ3n) is 3.70. The average molecular weight is 373 g/mol. The molecular formula is C20H17F2NO4. The van der Waals surface area contributed by atoms with Gasteiger partial charge in [-0.2, -0.15) is 8.78 Å². The highest BCUT2D eigenvalue weighted by Crippen LogP contribution is 2.26. The molecule has 0 saturated heterocycles. The molecule has 0 fully saturated rings. The molecule has 3 aromatic rings. The van der Waals surface area contributed by atoms with Crippen molar-refractivity contribution in [1.82, 2.24) is 0 Å². The number of para-hydroxylation sites is 3. The van der Waals surface area contributed by atoms with Crippen molar-refractivity contribution >= 4 is 11.6 Å². The van der Waals surface area contributed by atoms with Gasteiger partial charge in [0.25, 0.3) is 5.91 Å². The van der Waals surface area contributed by atoms with Crippen LogP contribution in [-0.4, -0.2) is 12.5 Å². The van der Waals surface area contributed by atoms with Crippen molar-refractivity contribution in [3.63, 3.8) is 0 Å². The highest BCUT2D eigenvalue weighted by Gasteiger charge is 2.16. The van der Waals surface area contributed by atoms with E-state index in [2.05, 4.69) is 10.1 Å². The molecule has 0 radical (unpaired) electrons. The Kier molecular flexibility index (Phi) is 5.71. The van der Waals surface area contributed by atoms with Crippen LogP contribution in [-0.2, 0) is 6.61 Å². The second-order valence-electron chi connectivity index (χ2n) is 5.65. The van der Waals surface area contributed by atoms with Crippen molar-refractivity contribution in [2.75, 3.05) is 5.32 Å². The number of alkyl halides is 2. The van der Waals surface area contributed by atoms with Crippen LogP contribution in [0.25, 0.3) is 0 Å². The summed E-state index contributed by atoms with van der Waals surface area (Å²) in [6, 6.07) is 16.6. The number of halogens is 2. The van der Waals surface area contributed by atoms with E-state index in [4.69, 9.17) is 9.15 Å². The fraction of sp³-hybridized carbons (Fsp3) is 0.150. The highest BCUT2D eigenvalue weighted by atomic mass is 19.3. The van der Waals surface area contributed by atoms with E-state index >= 15 is 0 Å². The summed E-state index contributed by atoms with van der Waals surface area (Å²) in [5.41, 5.74) is 1.11. The number of furan rings is 1. The summed E-state index contributed by atoms with van der Waals surface area (Å²) in [4.78, 5) is 12.3. The van der Waals surface area contributed by atoms with E-state index in [1.165, 1.54) is 24.3 Å². The number of carbonyl (C=O) groups excluding carboxylic acids is 1. The quantitative estimate of drug-likeness (QED) is 0.632. The smallest absolute Gasteiger partial charge is 0.387 e.